The quantitative estimate of drug-likeness (QED) is 0.836. The number of hydrogen-bond donors (Lipinski definition) is 2. The van der Waals surface area contributed by atoms with E-state index in [-0.39, 0.29) is 0 Å². The first-order valence-corrected chi connectivity index (χ1v) is 6.00. The van der Waals surface area contributed by atoms with Gasteiger partial charge in [-0.15, -0.1) is 0 Å². The van der Waals surface area contributed by atoms with Crippen molar-refractivity contribution in [2.75, 3.05) is 32.7 Å². The van der Waals surface area contributed by atoms with Crippen LogP contribution in [0, 0.1) is 0 Å². The van der Waals surface area contributed by atoms with Crippen LogP contribution in [0.1, 0.15) is 11.7 Å². The van der Waals surface area contributed by atoms with E-state index in [1.54, 1.807) is 0 Å². The molecule has 1 aromatic carbocycles. The van der Waals surface area contributed by atoms with Crippen LogP contribution in [-0.4, -0.2) is 42.7 Å². The van der Waals surface area contributed by atoms with Crippen molar-refractivity contribution in [3.63, 3.8) is 0 Å². The van der Waals surface area contributed by atoms with Crippen molar-refractivity contribution in [3.05, 3.63) is 34.9 Å². The average Bonchev–Trinajstić information content (AvgIpc) is 2.30. The van der Waals surface area contributed by atoms with E-state index in [0.717, 1.165) is 31.7 Å². The van der Waals surface area contributed by atoms with Crippen molar-refractivity contribution in [2.45, 2.75) is 6.10 Å². The highest BCUT2D eigenvalue weighted by atomic mass is 35.5. The Morgan fingerprint density at radius 1 is 1.38 bits per heavy atom. The fourth-order valence-corrected chi connectivity index (χ4v) is 2.16. The lowest BCUT2D eigenvalue weighted by molar-refractivity contribution is 0.105. The number of piperazine rings is 1. The largest absolute Gasteiger partial charge is 0.387 e. The molecule has 0 aliphatic carbocycles. The van der Waals surface area contributed by atoms with Crippen LogP contribution in [0.2, 0.25) is 5.02 Å². The Labute approximate surface area is 101 Å². The molecule has 0 spiro atoms. The van der Waals surface area contributed by atoms with Gasteiger partial charge < -0.3 is 10.4 Å². The number of aliphatic hydroxyl groups excluding tert-OH is 1. The van der Waals surface area contributed by atoms with Gasteiger partial charge in [-0.2, -0.15) is 0 Å². The monoisotopic (exact) mass is 240 g/mol. The second-order valence-electron chi connectivity index (χ2n) is 4.12. The molecule has 16 heavy (non-hydrogen) atoms. The molecule has 0 unspecified atom stereocenters. The van der Waals surface area contributed by atoms with Gasteiger partial charge >= 0.3 is 0 Å². The third-order valence-corrected chi connectivity index (χ3v) is 3.11. The normalized spacial score (nSPS) is 19.6. The van der Waals surface area contributed by atoms with E-state index in [1.807, 2.05) is 24.3 Å². The molecule has 1 atom stereocenters. The van der Waals surface area contributed by atoms with Crippen LogP contribution in [0.5, 0.6) is 0 Å². The molecule has 2 rings (SSSR count). The third-order valence-electron chi connectivity index (χ3n) is 2.87. The van der Waals surface area contributed by atoms with E-state index in [1.165, 1.54) is 0 Å². The fraction of sp³-hybridized carbons (Fsp3) is 0.500. The highest BCUT2D eigenvalue weighted by molar-refractivity contribution is 6.30. The molecular weight excluding hydrogens is 224 g/mol. The van der Waals surface area contributed by atoms with Gasteiger partial charge in [0.25, 0.3) is 0 Å². The van der Waals surface area contributed by atoms with Gasteiger partial charge in [-0.05, 0) is 17.7 Å². The number of benzene rings is 1. The molecule has 1 fully saturated rings. The summed E-state index contributed by atoms with van der Waals surface area (Å²) in [6.07, 6.45) is -0.447. The summed E-state index contributed by atoms with van der Waals surface area (Å²) in [7, 11) is 0. The molecule has 0 bridgehead atoms. The lowest BCUT2D eigenvalue weighted by Gasteiger charge is -2.29. The zero-order valence-corrected chi connectivity index (χ0v) is 9.95. The number of nitrogens with zero attached hydrogens (tertiary/aromatic N) is 1. The molecule has 2 N–H and O–H groups in total. The van der Waals surface area contributed by atoms with Gasteiger partial charge in [0.15, 0.2) is 0 Å². The predicted molar refractivity (Wildman–Crippen MR) is 65.7 cm³/mol. The van der Waals surface area contributed by atoms with Crippen LogP contribution in [0.4, 0.5) is 0 Å². The minimum atomic E-state index is -0.447. The van der Waals surface area contributed by atoms with Crippen molar-refractivity contribution >= 4 is 11.6 Å². The second kappa shape index (κ2) is 5.64. The predicted octanol–water partition coefficient (Wildman–Crippen LogP) is 1.28. The van der Waals surface area contributed by atoms with E-state index >= 15 is 0 Å². The molecule has 4 heteroatoms. The topological polar surface area (TPSA) is 35.5 Å². The molecule has 1 heterocycles. The second-order valence-corrected chi connectivity index (χ2v) is 4.56. The molecule has 1 aliphatic rings. The maximum atomic E-state index is 10.1. The average molecular weight is 241 g/mol. The smallest absolute Gasteiger partial charge is 0.0917 e. The van der Waals surface area contributed by atoms with Crippen LogP contribution in [0.15, 0.2) is 24.3 Å². The lowest BCUT2D eigenvalue weighted by Crippen LogP contribution is -2.44. The van der Waals surface area contributed by atoms with Crippen LogP contribution >= 0.6 is 11.6 Å². The summed E-state index contributed by atoms with van der Waals surface area (Å²) in [5.74, 6) is 0. The van der Waals surface area contributed by atoms with Crippen molar-refractivity contribution in [3.8, 4) is 0 Å². The summed E-state index contributed by atoms with van der Waals surface area (Å²) in [5.41, 5.74) is 0.894. The van der Waals surface area contributed by atoms with Gasteiger partial charge in [-0.1, -0.05) is 23.7 Å². The minimum Gasteiger partial charge on any atom is -0.387 e. The Bertz CT molecular complexity index is 340. The van der Waals surface area contributed by atoms with Crippen LogP contribution < -0.4 is 5.32 Å². The summed E-state index contributed by atoms with van der Waals surface area (Å²) < 4.78 is 0. The Morgan fingerprint density at radius 3 is 2.81 bits per heavy atom. The molecule has 88 valence electrons. The van der Waals surface area contributed by atoms with Gasteiger partial charge in [0.1, 0.15) is 0 Å². The number of nitrogens with one attached hydrogen (secondary N) is 1. The maximum absolute atomic E-state index is 10.1. The van der Waals surface area contributed by atoms with Gasteiger partial charge in [0.05, 0.1) is 6.10 Å². The first kappa shape index (κ1) is 11.9. The van der Waals surface area contributed by atoms with Crippen molar-refractivity contribution < 1.29 is 5.11 Å². The number of hydrogen-bond acceptors (Lipinski definition) is 3. The fourth-order valence-electron chi connectivity index (χ4n) is 1.96. The lowest BCUT2D eigenvalue weighted by atomic mass is 10.1. The van der Waals surface area contributed by atoms with Gasteiger partial charge in [0, 0.05) is 37.7 Å². The molecule has 0 amide bonds. The number of aliphatic hydroxyl groups is 1. The zero-order chi connectivity index (χ0) is 11.4. The van der Waals surface area contributed by atoms with Crippen molar-refractivity contribution in [1.29, 1.82) is 0 Å². The number of halogens is 1. The molecule has 1 aliphatic heterocycles. The Kier molecular flexibility index (Phi) is 4.18. The Hall–Kier alpha value is -0.610. The van der Waals surface area contributed by atoms with E-state index in [0.29, 0.717) is 11.6 Å². The minimum absolute atomic E-state index is 0.447. The zero-order valence-electron chi connectivity index (χ0n) is 9.19. The third kappa shape index (κ3) is 3.19. The Balaban J connectivity index is 1.94. The molecular formula is C12H17ClN2O. The highest BCUT2D eigenvalue weighted by Gasteiger charge is 2.15. The standard InChI is InChI=1S/C12H17ClN2O/c13-11-3-1-2-10(8-11)12(16)9-15-6-4-14-5-7-15/h1-3,8,12,14,16H,4-7,9H2/t12-/m1/s1. The number of β-amino-alcohol motifs (C(OH)–C–C–N with tert-alkyl or cyclic N) is 1. The summed E-state index contributed by atoms with van der Waals surface area (Å²) in [5, 5.41) is 14.0. The molecule has 0 radical (unpaired) electrons. The maximum Gasteiger partial charge on any atom is 0.0917 e. The van der Waals surface area contributed by atoms with E-state index in [4.69, 9.17) is 11.6 Å². The molecule has 3 nitrogen and oxygen atoms in total. The van der Waals surface area contributed by atoms with Gasteiger partial charge in [-0.3, -0.25) is 4.90 Å². The van der Waals surface area contributed by atoms with Crippen LogP contribution in [-0.2, 0) is 0 Å². The van der Waals surface area contributed by atoms with Crippen LogP contribution in [0.3, 0.4) is 0 Å². The van der Waals surface area contributed by atoms with Gasteiger partial charge in [0.2, 0.25) is 0 Å². The van der Waals surface area contributed by atoms with Crippen LogP contribution in [0.25, 0.3) is 0 Å². The molecule has 0 aromatic heterocycles. The first-order chi connectivity index (χ1) is 7.75. The summed E-state index contributed by atoms with van der Waals surface area (Å²) in [6.45, 7) is 4.68. The molecule has 0 saturated carbocycles. The molecule has 1 aromatic rings. The van der Waals surface area contributed by atoms with Crippen molar-refractivity contribution in [2.24, 2.45) is 0 Å². The van der Waals surface area contributed by atoms with E-state index < -0.39 is 6.10 Å². The van der Waals surface area contributed by atoms with Crippen molar-refractivity contribution in [1.82, 2.24) is 10.2 Å². The summed E-state index contributed by atoms with van der Waals surface area (Å²) >= 11 is 5.90. The first-order valence-electron chi connectivity index (χ1n) is 5.62. The summed E-state index contributed by atoms with van der Waals surface area (Å²) in [6, 6.07) is 7.44. The SMILES string of the molecule is O[C@H](CN1CCNCC1)c1cccc(Cl)c1. The van der Waals surface area contributed by atoms with E-state index in [2.05, 4.69) is 10.2 Å². The van der Waals surface area contributed by atoms with E-state index in [9.17, 15) is 5.11 Å². The number of rotatable bonds is 3. The summed E-state index contributed by atoms with van der Waals surface area (Å²) in [4.78, 5) is 2.27. The van der Waals surface area contributed by atoms with Gasteiger partial charge in [-0.25, -0.2) is 0 Å². The molecule has 1 saturated heterocycles. The Morgan fingerprint density at radius 2 is 2.12 bits per heavy atom. The highest BCUT2D eigenvalue weighted by Crippen LogP contribution is 2.18.